The van der Waals surface area contributed by atoms with Crippen LogP contribution in [0.2, 0.25) is 0 Å². The molecule has 0 spiro atoms. The molecule has 0 saturated carbocycles. The molecule has 1 unspecified atom stereocenters. The molecule has 2 aromatic rings. The third-order valence-electron chi connectivity index (χ3n) is 3.64. The third kappa shape index (κ3) is 3.86. The molecule has 0 aromatic heterocycles. The monoisotopic (exact) mass is 267 g/mol. The highest BCUT2D eigenvalue weighted by Gasteiger charge is 2.14. The molecule has 1 nitrogen and oxygen atoms in total. The Morgan fingerprint density at radius 1 is 0.900 bits per heavy atom. The first-order chi connectivity index (χ1) is 9.70. The number of anilines is 1. The van der Waals surface area contributed by atoms with E-state index in [4.69, 9.17) is 0 Å². The van der Waals surface area contributed by atoms with Crippen molar-refractivity contribution in [1.82, 2.24) is 0 Å². The van der Waals surface area contributed by atoms with Crippen molar-refractivity contribution < 1.29 is 0 Å². The van der Waals surface area contributed by atoms with Crippen LogP contribution in [0.25, 0.3) is 0 Å². The van der Waals surface area contributed by atoms with Crippen molar-refractivity contribution in [2.45, 2.75) is 39.7 Å². The molecule has 0 saturated heterocycles. The highest BCUT2D eigenvalue weighted by molar-refractivity contribution is 5.52. The van der Waals surface area contributed by atoms with Gasteiger partial charge in [0.1, 0.15) is 0 Å². The molecule has 0 heterocycles. The van der Waals surface area contributed by atoms with Crippen LogP contribution in [0.1, 0.15) is 44.4 Å². The molecule has 0 aliphatic carbocycles. The molecule has 0 radical (unpaired) electrons. The van der Waals surface area contributed by atoms with Crippen LogP contribution < -0.4 is 5.32 Å². The molecule has 2 rings (SSSR count). The van der Waals surface area contributed by atoms with E-state index in [-0.39, 0.29) is 0 Å². The maximum atomic E-state index is 3.75. The zero-order valence-electron chi connectivity index (χ0n) is 12.8. The van der Waals surface area contributed by atoms with E-state index in [2.05, 4.69) is 80.7 Å². The second-order valence-corrected chi connectivity index (χ2v) is 5.75. The number of rotatable bonds is 6. The predicted molar refractivity (Wildman–Crippen MR) is 88.1 cm³/mol. The van der Waals surface area contributed by atoms with Gasteiger partial charge in [0.2, 0.25) is 0 Å². The Balaban J connectivity index is 2.24. The van der Waals surface area contributed by atoms with Gasteiger partial charge in [0.05, 0.1) is 6.04 Å². The van der Waals surface area contributed by atoms with Gasteiger partial charge in [-0.3, -0.25) is 0 Å². The SMILES string of the molecule is CCc1ccccc1NC(CC(C)C)c1ccccc1. The summed E-state index contributed by atoms with van der Waals surface area (Å²) in [5.41, 5.74) is 4.02. The lowest BCUT2D eigenvalue weighted by Crippen LogP contribution is -2.14. The predicted octanol–water partition coefficient (Wildman–Crippen LogP) is 5.45. The van der Waals surface area contributed by atoms with Gasteiger partial charge in [0, 0.05) is 5.69 Å². The molecule has 0 fully saturated rings. The Bertz CT molecular complexity index is 516. The molecule has 2 aromatic carbocycles. The fraction of sp³-hybridized carbons (Fsp3) is 0.368. The van der Waals surface area contributed by atoms with Gasteiger partial charge < -0.3 is 5.32 Å². The number of aryl methyl sites for hydroxylation is 1. The van der Waals surface area contributed by atoms with Crippen molar-refractivity contribution >= 4 is 5.69 Å². The van der Waals surface area contributed by atoms with E-state index in [1.807, 2.05) is 0 Å². The summed E-state index contributed by atoms with van der Waals surface area (Å²) in [6.45, 7) is 6.77. The van der Waals surface area contributed by atoms with Crippen LogP contribution in [-0.2, 0) is 6.42 Å². The Morgan fingerprint density at radius 2 is 1.55 bits per heavy atom. The van der Waals surface area contributed by atoms with E-state index < -0.39 is 0 Å². The van der Waals surface area contributed by atoms with E-state index in [1.54, 1.807) is 0 Å². The molecule has 20 heavy (non-hydrogen) atoms. The van der Waals surface area contributed by atoms with Gasteiger partial charge in [0.15, 0.2) is 0 Å². The summed E-state index contributed by atoms with van der Waals surface area (Å²) < 4.78 is 0. The minimum atomic E-state index is 0.379. The average molecular weight is 267 g/mol. The number of hydrogen-bond acceptors (Lipinski definition) is 1. The van der Waals surface area contributed by atoms with Gasteiger partial charge in [-0.2, -0.15) is 0 Å². The summed E-state index contributed by atoms with van der Waals surface area (Å²) in [5.74, 6) is 0.668. The van der Waals surface area contributed by atoms with E-state index in [0.29, 0.717) is 12.0 Å². The standard InChI is InChI=1S/C19H25N/c1-4-16-10-8-9-13-18(16)20-19(14-15(2)3)17-11-6-5-7-12-17/h5-13,15,19-20H,4,14H2,1-3H3. The highest BCUT2D eigenvalue weighted by atomic mass is 14.9. The van der Waals surface area contributed by atoms with Gasteiger partial charge >= 0.3 is 0 Å². The highest BCUT2D eigenvalue weighted by Crippen LogP contribution is 2.27. The maximum Gasteiger partial charge on any atom is 0.0516 e. The molecule has 0 bridgehead atoms. The van der Waals surface area contributed by atoms with Gasteiger partial charge in [-0.1, -0.05) is 69.3 Å². The molecule has 1 heteroatoms. The smallest absolute Gasteiger partial charge is 0.0516 e. The maximum absolute atomic E-state index is 3.75. The van der Waals surface area contributed by atoms with Crippen molar-refractivity contribution in [2.75, 3.05) is 5.32 Å². The minimum absolute atomic E-state index is 0.379. The Hall–Kier alpha value is -1.76. The van der Waals surface area contributed by atoms with Gasteiger partial charge in [-0.15, -0.1) is 0 Å². The second kappa shape index (κ2) is 7.14. The lowest BCUT2D eigenvalue weighted by molar-refractivity contribution is 0.530. The molecule has 1 N–H and O–H groups in total. The van der Waals surface area contributed by atoms with Crippen molar-refractivity contribution in [2.24, 2.45) is 5.92 Å². The Morgan fingerprint density at radius 3 is 2.20 bits per heavy atom. The van der Waals surface area contributed by atoms with Crippen LogP contribution in [0.15, 0.2) is 54.6 Å². The molecular formula is C19H25N. The van der Waals surface area contributed by atoms with E-state index in [1.165, 1.54) is 16.8 Å². The number of para-hydroxylation sites is 1. The summed E-state index contributed by atoms with van der Waals surface area (Å²) in [5, 5.41) is 3.75. The zero-order valence-corrected chi connectivity index (χ0v) is 12.8. The van der Waals surface area contributed by atoms with Crippen LogP contribution in [0.3, 0.4) is 0 Å². The third-order valence-corrected chi connectivity index (χ3v) is 3.64. The van der Waals surface area contributed by atoms with Crippen LogP contribution in [0, 0.1) is 5.92 Å². The van der Waals surface area contributed by atoms with E-state index >= 15 is 0 Å². The first-order valence-corrected chi connectivity index (χ1v) is 7.60. The van der Waals surface area contributed by atoms with Crippen LogP contribution in [0.4, 0.5) is 5.69 Å². The normalized spacial score (nSPS) is 12.4. The van der Waals surface area contributed by atoms with Crippen molar-refractivity contribution in [3.8, 4) is 0 Å². The Kier molecular flexibility index (Phi) is 5.23. The quantitative estimate of drug-likeness (QED) is 0.734. The average Bonchev–Trinajstić information content (AvgIpc) is 2.47. The van der Waals surface area contributed by atoms with Crippen LogP contribution >= 0.6 is 0 Å². The molecule has 0 aliphatic rings. The Labute approximate surface area is 123 Å². The number of hydrogen-bond donors (Lipinski definition) is 1. The summed E-state index contributed by atoms with van der Waals surface area (Å²) in [6.07, 6.45) is 2.20. The van der Waals surface area contributed by atoms with Crippen molar-refractivity contribution in [3.05, 3.63) is 65.7 Å². The first kappa shape index (κ1) is 14.6. The minimum Gasteiger partial charge on any atom is -0.378 e. The largest absolute Gasteiger partial charge is 0.378 e. The summed E-state index contributed by atoms with van der Waals surface area (Å²) in [7, 11) is 0. The first-order valence-electron chi connectivity index (χ1n) is 7.60. The lowest BCUT2D eigenvalue weighted by Gasteiger charge is -2.23. The number of nitrogens with one attached hydrogen (secondary N) is 1. The molecule has 106 valence electrons. The summed E-state index contributed by atoms with van der Waals surface area (Å²) >= 11 is 0. The molecule has 0 aliphatic heterocycles. The van der Waals surface area contributed by atoms with E-state index in [0.717, 1.165) is 12.8 Å². The van der Waals surface area contributed by atoms with Crippen molar-refractivity contribution in [1.29, 1.82) is 0 Å². The summed E-state index contributed by atoms with van der Waals surface area (Å²) in [4.78, 5) is 0. The second-order valence-electron chi connectivity index (χ2n) is 5.75. The zero-order chi connectivity index (χ0) is 14.4. The van der Waals surface area contributed by atoms with E-state index in [9.17, 15) is 0 Å². The molecule has 1 atom stereocenters. The fourth-order valence-corrected chi connectivity index (χ4v) is 2.59. The fourth-order valence-electron chi connectivity index (χ4n) is 2.59. The van der Waals surface area contributed by atoms with Gasteiger partial charge in [0.25, 0.3) is 0 Å². The van der Waals surface area contributed by atoms with Crippen molar-refractivity contribution in [3.63, 3.8) is 0 Å². The molecule has 0 amide bonds. The molecular weight excluding hydrogens is 242 g/mol. The number of benzene rings is 2. The van der Waals surface area contributed by atoms with Gasteiger partial charge in [-0.05, 0) is 36.0 Å². The lowest BCUT2D eigenvalue weighted by atomic mass is 9.96. The topological polar surface area (TPSA) is 12.0 Å². The van der Waals surface area contributed by atoms with Crippen LogP contribution in [0.5, 0.6) is 0 Å². The van der Waals surface area contributed by atoms with Crippen LogP contribution in [-0.4, -0.2) is 0 Å². The summed E-state index contributed by atoms with van der Waals surface area (Å²) in [6, 6.07) is 19.8. The van der Waals surface area contributed by atoms with Gasteiger partial charge in [-0.25, -0.2) is 0 Å².